The summed E-state index contributed by atoms with van der Waals surface area (Å²) < 4.78 is 16.9. The maximum absolute atomic E-state index is 10.5. The van der Waals surface area contributed by atoms with Crippen LogP contribution in [0.15, 0.2) is 60.7 Å². The fraction of sp³-hybridized carbons (Fsp3) is 0.400. The molecule has 140 valence electrons. The van der Waals surface area contributed by atoms with Gasteiger partial charge in [-0.3, -0.25) is 0 Å². The Labute approximate surface area is 152 Å². The summed E-state index contributed by atoms with van der Waals surface area (Å²) in [5.74, 6) is 0. The van der Waals surface area contributed by atoms with Gasteiger partial charge >= 0.3 is 0 Å². The summed E-state index contributed by atoms with van der Waals surface area (Å²) in [4.78, 5) is 0. The van der Waals surface area contributed by atoms with Crippen molar-refractivity contribution in [2.75, 3.05) is 6.61 Å². The van der Waals surface area contributed by atoms with E-state index in [1.165, 1.54) is 0 Å². The van der Waals surface area contributed by atoms with Crippen LogP contribution >= 0.6 is 0 Å². The Morgan fingerprint density at radius 3 is 1.77 bits per heavy atom. The van der Waals surface area contributed by atoms with E-state index in [1.54, 1.807) is 0 Å². The van der Waals surface area contributed by atoms with E-state index in [1.807, 2.05) is 60.7 Å². The normalized spacial score (nSPS) is 28.8. The van der Waals surface area contributed by atoms with Crippen molar-refractivity contribution < 1.29 is 29.5 Å². The van der Waals surface area contributed by atoms with E-state index in [2.05, 4.69) is 0 Å². The molecule has 0 amide bonds. The summed E-state index contributed by atoms with van der Waals surface area (Å²) in [5.41, 5.74) is 1.86. The van der Waals surface area contributed by atoms with Crippen molar-refractivity contribution in [3.8, 4) is 0 Å². The molecule has 1 fully saturated rings. The highest BCUT2D eigenvalue weighted by Gasteiger charge is 2.46. The molecule has 1 aliphatic heterocycles. The molecule has 1 aliphatic rings. The van der Waals surface area contributed by atoms with Crippen LogP contribution in [0.25, 0.3) is 0 Å². The van der Waals surface area contributed by atoms with Crippen molar-refractivity contribution in [2.24, 2.45) is 0 Å². The van der Waals surface area contributed by atoms with Crippen LogP contribution < -0.4 is 0 Å². The molecule has 2 aromatic carbocycles. The predicted molar refractivity (Wildman–Crippen MR) is 94.0 cm³/mol. The molecule has 3 N–H and O–H groups in total. The van der Waals surface area contributed by atoms with Gasteiger partial charge in [0.2, 0.25) is 0 Å². The average molecular weight is 360 g/mol. The fourth-order valence-corrected chi connectivity index (χ4v) is 2.96. The van der Waals surface area contributed by atoms with E-state index in [0.717, 1.165) is 11.1 Å². The number of benzene rings is 2. The minimum atomic E-state index is -1.31. The van der Waals surface area contributed by atoms with Crippen LogP contribution in [-0.4, -0.2) is 52.6 Å². The molecule has 3 rings (SSSR count). The minimum Gasteiger partial charge on any atom is -0.394 e. The first kappa shape index (κ1) is 19.0. The molecule has 1 heterocycles. The van der Waals surface area contributed by atoms with Gasteiger partial charge in [-0.05, 0) is 11.1 Å². The van der Waals surface area contributed by atoms with Gasteiger partial charge in [-0.15, -0.1) is 0 Å². The second kappa shape index (κ2) is 9.23. The molecule has 2 aromatic rings. The van der Waals surface area contributed by atoms with Gasteiger partial charge in [-0.1, -0.05) is 60.7 Å². The smallest absolute Gasteiger partial charge is 0.184 e. The lowest BCUT2D eigenvalue weighted by atomic mass is 9.98. The SMILES string of the molecule is OC[C@H]1O[C@@H](O)[C@@H](OCc2ccccc2)[C@@H](OCc2ccccc2)[C@@H]1O. The van der Waals surface area contributed by atoms with Gasteiger partial charge < -0.3 is 29.5 Å². The standard InChI is InChI=1S/C20H24O6/c21-11-16-17(22)18(24-12-14-7-3-1-4-8-14)19(20(23)26-16)25-13-15-9-5-2-6-10-15/h1-10,16-23H,11-13H2/t16-,17-,18+,19+,20-/m1/s1. The molecule has 0 saturated carbocycles. The van der Waals surface area contributed by atoms with Crippen molar-refractivity contribution in [1.29, 1.82) is 0 Å². The van der Waals surface area contributed by atoms with Gasteiger partial charge in [0.05, 0.1) is 19.8 Å². The average Bonchev–Trinajstić information content (AvgIpc) is 2.69. The summed E-state index contributed by atoms with van der Waals surface area (Å²) in [6.07, 6.45) is -5.06. The van der Waals surface area contributed by atoms with Crippen LogP contribution in [0.4, 0.5) is 0 Å². The second-order valence-electron chi connectivity index (χ2n) is 6.26. The van der Waals surface area contributed by atoms with Crippen LogP contribution in [0.1, 0.15) is 11.1 Å². The summed E-state index contributed by atoms with van der Waals surface area (Å²) in [7, 11) is 0. The van der Waals surface area contributed by atoms with Crippen LogP contribution in [-0.2, 0) is 27.4 Å². The lowest BCUT2D eigenvalue weighted by Gasteiger charge is -2.42. The van der Waals surface area contributed by atoms with E-state index in [4.69, 9.17) is 14.2 Å². The Bertz CT molecular complexity index is 650. The third-order valence-electron chi connectivity index (χ3n) is 4.39. The Hall–Kier alpha value is -1.80. The van der Waals surface area contributed by atoms with Crippen molar-refractivity contribution in [2.45, 2.75) is 43.9 Å². The molecule has 0 unspecified atom stereocenters. The van der Waals surface area contributed by atoms with Crippen molar-refractivity contribution in [3.05, 3.63) is 71.8 Å². The molecule has 0 aromatic heterocycles. The topological polar surface area (TPSA) is 88.4 Å². The predicted octanol–water partition coefficient (Wildman–Crippen LogP) is 1.23. The molecule has 0 radical (unpaired) electrons. The number of hydrogen-bond donors (Lipinski definition) is 3. The molecule has 26 heavy (non-hydrogen) atoms. The third kappa shape index (κ3) is 4.67. The van der Waals surface area contributed by atoms with E-state index >= 15 is 0 Å². The molecular formula is C20H24O6. The molecule has 0 aliphatic carbocycles. The Kier molecular flexibility index (Phi) is 6.73. The Balaban J connectivity index is 1.69. The molecule has 0 bridgehead atoms. The first-order valence-corrected chi connectivity index (χ1v) is 8.62. The van der Waals surface area contributed by atoms with Gasteiger partial charge in [0, 0.05) is 0 Å². The quantitative estimate of drug-likeness (QED) is 0.688. The summed E-state index contributed by atoms with van der Waals surface area (Å²) >= 11 is 0. The van der Waals surface area contributed by atoms with Crippen LogP contribution in [0.2, 0.25) is 0 Å². The zero-order valence-corrected chi connectivity index (χ0v) is 14.3. The van der Waals surface area contributed by atoms with Gasteiger partial charge in [0.25, 0.3) is 0 Å². The molecule has 6 nitrogen and oxygen atoms in total. The van der Waals surface area contributed by atoms with Crippen LogP contribution in [0.5, 0.6) is 0 Å². The molecule has 6 heteroatoms. The largest absolute Gasteiger partial charge is 0.394 e. The van der Waals surface area contributed by atoms with Crippen molar-refractivity contribution in [1.82, 2.24) is 0 Å². The highest BCUT2D eigenvalue weighted by molar-refractivity contribution is 5.14. The highest BCUT2D eigenvalue weighted by Crippen LogP contribution is 2.26. The van der Waals surface area contributed by atoms with Gasteiger partial charge in [0.1, 0.15) is 24.4 Å². The Morgan fingerprint density at radius 2 is 1.27 bits per heavy atom. The van der Waals surface area contributed by atoms with Crippen molar-refractivity contribution in [3.63, 3.8) is 0 Å². The third-order valence-corrected chi connectivity index (χ3v) is 4.39. The maximum Gasteiger partial charge on any atom is 0.184 e. The molecule has 1 saturated heterocycles. The minimum absolute atomic E-state index is 0.244. The monoisotopic (exact) mass is 360 g/mol. The Morgan fingerprint density at radius 1 is 0.769 bits per heavy atom. The number of ether oxygens (including phenoxy) is 3. The number of aliphatic hydroxyl groups is 3. The first-order chi connectivity index (χ1) is 12.7. The number of hydrogen-bond acceptors (Lipinski definition) is 6. The zero-order chi connectivity index (χ0) is 18.4. The molecule has 0 spiro atoms. The lowest BCUT2D eigenvalue weighted by molar-refractivity contribution is -0.307. The number of aliphatic hydroxyl groups excluding tert-OH is 3. The van der Waals surface area contributed by atoms with Crippen LogP contribution in [0.3, 0.4) is 0 Å². The van der Waals surface area contributed by atoms with Crippen molar-refractivity contribution >= 4 is 0 Å². The van der Waals surface area contributed by atoms with E-state index in [0.29, 0.717) is 0 Å². The summed E-state index contributed by atoms with van der Waals surface area (Å²) in [5, 5.41) is 30.2. The van der Waals surface area contributed by atoms with E-state index in [-0.39, 0.29) is 13.2 Å². The maximum atomic E-state index is 10.5. The van der Waals surface area contributed by atoms with E-state index < -0.39 is 37.3 Å². The van der Waals surface area contributed by atoms with E-state index in [9.17, 15) is 15.3 Å². The number of rotatable bonds is 7. The summed E-state index contributed by atoms with van der Waals surface area (Å²) in [6.45, 7) is 0.0705. The lowest BCUT2D eigenvalue weighted by Crippen LogP contribution is -2.60. The molecule has 5 atom stereocenters. The van der Waals surface area contributed by atoms with Crippen LogP contribution in [0, 0.1) is 0 Å². The highest BCUT2D eigenvalue weighted by atomic mass is 16.7. The summed E-state index contributed by atoms with van der Waals surface area (Å²) in [6, 6.07) is 19.0. The first-order valence-electron chi connectivity index (χ1n) is 8.62. The zero-order valence-electron chi connectivity index (χ0n) is 14.3. The fourth-order valence-electron chi connectivity index (χ4n) is 2.96. The van der Waals surface area contributed by atoms with Gasteiger partial charge in [-0.2, -0.15) is 0 Å². The van der Waals surface area contributed by atoms with Gasteiger partial charge in [0.15, 0.2) is 6.29 Å². The van der Waals surface area contributed by atoms with Gasteiger partial charge in [-0.25, -0.2) is 0 Å². The second-order valence-corrected chi connectivity index (χ2v) is 6.26. The molecular weight excluding hydrogens is 336 g/mol.